The van der Waals surface area contributed by atoms with E-state index in [-0.39, 0.29) is 23.8 Å². The number of hydrogen-bond donors (Lipinski definition) is 1. The van der Waals surface area contributed by atoms with Crippen molar-refractivity contribution >= 4 is 16.9 Å². The molecule has 32 heavy (non-hydrogen) atoms. The highest BCUT2D eigenvalue weighted by atomic mass is 16.7. The van der Waals surface area contributed by atoms with Crippen molar-refractivity contribution in [3.8, 4) is 0 Å². The fraction of sp³-hybridized carbons (Fsp3) is 0.269. The Balaban J connectivity index is 1.42. The summed E-state index contributed by atoms with van der Waals surface area (Å²) in [5.74, 6) is 0.941. The Morgan fingerprint density at radius 3 is 2.44 bits per heavy atom. The zero-order valence-corrected chi connectivity index (χ0v) is 18.0. The van der Waals surface area contributed by atoms with Gasteiger partial charge in [0.2, 0.25) is 0 Å². The number of nitrogens with zero attached hydrogens (tertiary/aromatic N) is 3. The van der Waals surface area contributed by atoms with E-state index in [1.165, 1.54) is 0 Å². The first kappa shape index (κ1) is 20.5. The minimum atomic E-state index is -0.159. The van der Waals surface area contributed by atoms with Gasteiger partial charge in [0.1, 0.15) is 11.6 Å². The van der Waals surface area contributed by atoms with E-state index in [2.05, 4.69) is 39.2 Å². The van der Waals surface area contributed by atoms with Gasteiger partial charge in [-0.15, -0.1) is 0 Å². The van der Waals surface area contributed by atoms with Gasteiger partial charge in [-0.05, 0) is 23.3 Å². The van der Waals surface area contributed by atoms with Gasteiger partial charge in [-0.2, -0.15) is 5.06 Å². The Hall–Kier alpha value is -3.35. The molecule has 4 aromatic rings. The first-order valence-electron chi connectivity index (χ1n) is 11.0. The van der Waals surface area contributed by atoms with Crippen LogP contribution in [0, 0.1) is 5.92 Å². The molecule has 0 amide bonds. The zero-order valence-electron chi connectivity index (χ0n) is 18.0. The molecular weight excluding hydrogens is 400 g/mol. The minimum Gasteiger partial charge on any atom is -0.341 e. The number of imidazole rings is 1. The van der Waals surface area contributed by atoms with Gasteiger partial charge in [0.25, 0.3) is 0 Å². The number of carbonyl (C=O) groups is 1. The number of H-pyrrole nitrogens is 1. The lowest BCUT2D eigenvalue weighted by Crippen LogP contribution is -2.45. The fourth-order valence-electron chi connectivity index (χ4n) is 4.51. The Morgan fingerprint density at radius 2 is 1.72 bits per heavy atom. The molecule has 0 spiro atoms. The SMILES string of the molecule is CC1C(=O)CC(c2ccccc2)N(OCCc2nc3ncccc3[nH]2)C1c1ccccc1. The fourth-order valence-corrected chi connectivity index (χ4v) is 4.51. The van der Waals surface area contributed by atoms with Crippen molar-refractivity contribution in [1.29, 1.82) is 0 Å². The Morgan fingerprint density at radius 1 is 1.00 bits per heavy atom. The molecule has 0 saturated carbocycles. The predicted molar refractivity (Wildman–Crippen MR) is 123 cm³/mol. The predicted octanol–water partition coefficient (Wildman–Crippen LogP) is 4.83. The standard InChI is InChI=1S/C26H26N4O2/c1-18-23(31)17-22(19-9-4-2-5-10-19)30(25(18)20-11-6-3-7-12-20)32-16-14-24-28-21-13-8-15-27-26(21)29-24/h2-13,15,18,22,25H,14,16-17H2,1H3,(H,27,28,29). The maximum absolute atomic E-state index is 13.0. The van der Waals surface area contributed by atoms with E-state index in [1.54, 1.807) is 6.20 Å². The van der Waals surface area contributed by atoms with Crippen LogP contribution in [0.3, 0.4) is 0 Å². The molecule has 2 aromatic carbocycles. The third kappa shape index (κ3) is 4.07. The van der Waals surface area contributed by atoms with Crippen LogP contribution >= 0.6 is 0 Å². The molecule has 5 rings (SSSR count). The van der Waals surface area contributed by atoms with Gasteiger partial charge in [0.05, 0.1) is 24.2 Å². The summed E-state index contributed by atoms with van der Waals surface area (Å²) in [4.78, 5) is 31.6. The summed E-state index contributed by atoms with van der Waals surface area (Å²) in [6.45, 7) is 2.45. The summed E-state index contributed by atoms with van der Waals surface area (Å²) in [5.41, 5.74) is 3.80. The van der Waals surface area contributed by atoms with Crippen LogP contribution in [0.25, 0.3) is 11.2 Å². The summed E-state index contributed by atoms with van der Waals surface area (Å²) < 4.78 is 0. The van der Waals surface area contributed by atoms with Gasteiger partial charge >= 0.3 is 0 Å². The number of piperidine rings is 1. The smallest absolute Gasteiger partial charge is 0.177 e. The minimum absolute atomic E-state index is 0.137. The molecule has 0 bridgehead atoms. The lowest BCUT2D eigenvalue weighted by atomic mass is 9.81. The van der Waals surface area contributed by atoms with Crippen molar-refractivity contribution in [2.45, 2.75) is 31.8 Å². The van der Waals surface area contributed by atoms with Gasteiger partial charge in [0.15, 0.2) is 5.65 Å². The number of pyridine rings is 1. The second-order valence-electron chi connectivity index (χ2n) is 8.24. The zero-order chi connectivity index (χ0) is 21.9. The maximum Gasteiger partial charge on any atom is 0.177 e. The van der Waals surface area contributed by atoms with Gasteiger partial charge < -0.3 is 4.98 Å². The molecule has 1 saturated heterocycles. The Labute approximate surface area is 187 Å². The first-order valence-corrected chi connectivity index (χ1v) is 11.0. The van der Waals surface area contributed by atoms with Crippen LogP contribution in [0.5, 0.6) is 0 Å². The van der Waals surface area contributed by atoms with Crippen molar-refractivity contribution in [2.24, 2.45) is 5.92 Å². The van der Waals surface area contributed by atoms with E-state index in [0.29, 0.717) is 25.1 Å². The van der Waals surface area contributed by atoms with Crippen molar-refractivity contribution in [3.63, 3.8) is 0 Å². The highest BCUT2D eigenvalue weighted by Crippen LogP contribution is 2.43. The average molecular weight is 427 g/mol. The quantitative estimate of drug-likeness (QED) is 0.478. The number of nitrogens with one attached hydrogen (secondary N) is 1. The van der Waals surface area contributed by atoms with Crippen LogP contribution in [0.2, 0.25) is 0 Å². The van der Waals surface area contributed by atoms with Crippen LogP contribution < -0.4 is 0 Å². The van der Waals surface area contributed by atoms with Gasteiger partial charge in [0, 0.05) is 25.0 Å². The average Bonchev–Trinajstić information content (AvgIpc) is 3.25. The molecule has 162 valence electrons. The molecule has 1 aliphatic rings. The monoisotopic (exact) mass is 426 g/mol. The largest absolute Gasteiger partial charge is 0.341 e. The number of carbonyl (C=O) groups excluding carboxylic acids is 1. The van der Waals surface area contributed by atoms with Gasteiger partial charge in [-0.1, -0.05) is 67.6 Å². The number of benzene rings is 2. The number of fused-ring (bicyclic) bond motifs is 1. The van der Waals surface area contributed by atoms with Crippen molar-refractivity contribution < 1.29 is 9.63 Å². The van der Waals surface area contributed by atoms with E-state index in [9.17, 15) is 4.79 Å². The number of rotatable bonds is 6. The van der Waals surface area contributed by atoms with Crippen molar-refractivity contribution in [3.05, 3.63) is 95.9 Å². The third-order valence-corrected chi connectivity index (χ3v) is 6.17. The second-order valence-corrected chi connectivity index (χ2v) is 8.24. The van der Waals surface area contributed by atoms with E-state index in [1.807, 2.05) is 60.5 Å². The van der Waals surface area contributed by atoms with Gasteiger partial charge in [-0.3, -0.25) is 9.63 Å². The molecule has 1 N–H and O–H groups in total. The highest BCUT2D eigenvalue weighted by molar-refractivity contribution is 5.83. The molecule has 1 aliphatic heterocycles. The van der Waals surface area contributed by atoms with E-state index < -0.39 is 0 Å². The summed E-state index contributed by atoms with van der Waals surface area (Å²) in [6.07, 6.45) is 2.80. The molecule has 1 fully saturated rings. The normalized spacial score (nSPS) is 21.8. The molecule has 6 heteroatoms. The first-order chi connectivity index (χ1) is 15.7. The molecule has 3 unspecified atom stereocenters. The number of Topliss-reactive ketones (excluding diaryl/α,β-unsaturated/α-hetero) is 1. The molecular formula is C26H26N4O2. The van der Waals surface area contributed by atoms with Crippen LogP contribution in [0.4, 0.5) is 0 Å². The summed E-state index contributed by atoms with van der Waals surface area (Å²) in [7, 11) is 0. The number of aromatic nitrogens is 3. The number of aromatic amines is 1. The van der Waals surface area contributed by atoms with Gasteiger partial charge in [-0.25, -0.2) is 9.97 Å². The van der Waals surface area contributed by atoms with Crippen LogP contribution in [-0.4, -0.2) is 32.4 Å². The molecule has 3 atom stereocenters. The van der Waals surface area contributed by atoms with Crippen LogP contribution in [-0.2, 0) is 16.1 Å². The Kier molecular flexibility index (Phi) is 5.79. The van der Waals surface area contributed by atoms with Crippen molar-refractivity contribution in [1.82, 2.24) is 20.0 Å². The molecule has 6 nitrogen and oxygen atoms in total. The van der Waals surface area contributed by atoms with E-state index >= 15 is 0 Å². The highest BCUT2D eigenvalue weighted by Gasteiger charge is 2.42. The lowest BCUT2D eigenvalue weighted by Gasteiger charge is -2.44. The molecule has 0 radical (unpaired) electrons. The van der Waals surface area contributed by atoms with E-state index in [4.69, 9.17) is 4.84 Å². The molecule has 3 heterocycles. The third-order valence-electron chi connectivity index (χ3n) is 6.17. The number of hydrogen-bond acceptors (Lipinski definition) is 5. The number of hydroxylamine groups is 2. The number of ketones is 1. The van der Waals surface area contributed by atoms with E-state index in [0.717, 1.165) is 22.5 Å². The lowest BCUT2D eigenvalue weighted by molar-refractivity contribution is -0.237. The summed E-state index contributed by atoms with van der Waals surface area (Å²) in [5, 5.41) is 2.04. The Bertz CT molecular complexity index is 1160. The topological polar surface area (TPSA) is 71.1 Å². The van der Waals surface area contributed by atoms with Crippen molar-refractivity contribution in [2.75, 3.05) is 6.61 Å². The van der Waals surface area contributed by atoms with Crippen LogP contribution in [0.15, 0.2) is 79.0 Å². The van der Waals surface area contributed by atoms with Crippen LogP contribution in [0.1, 0.15) is 42.4 Å². The second kappa shape index (κ2) is 9.02. The maximum atomic E-state index is 13.0. The molecule has 0 aliphatic carbocycles. The summed E-state index contributed by atoms with van der Waals surface area (Å²) in [6, 6.07) is 23.9. The summed E-state index contributed by atoms with van der Waals surface area (Å²) >= 11 is 0. The molecule has 2 aromatic heterocycles.